The van der Waals surface area contributed by atoms with Crippen LogP contribution in [0.3, 0.4) is 0 Å². The molecular weight excluding hydrogens is 262 g/mol. The largest absolute Gasteiger partial charge is 0.478 e. The molecule has 2 unspecified atom stereocenters. The minimum atomic E-state index is -1.04. The Labute approximate surface area is 116 Å². The molecule has 1 amide bonds. The standard InChI is InChI=1S/C14H17NO5/c1-2-12-14(19)15(6-10(18)8-17)11-5-9(7-16)3-4-13(11)20-12/h3-5,7,10,12,17-18H,2,6,8H2,1H3. The molecule has 1 heterocycles. The normalized spacial score (nSPS) is 19.2. The maximum Gasteiger partial charge on any atom is 0.268 e. The predicted octanol–water partition coefficient (Wildman–Crippen LogP) is 0.356. The van der Waals surface area contributed by atoms with Gasteiger partial charge in [0.05, 0.1) is 24.9 Å². The highest BCUT2D eigenvalue weighted by atomic mass is 16.5. The van der Waals surface area contributed by atoms with Crippen molar-refractivity contribution in [1.29, 1.82) is 0 Å². The molecular formula is C14H17NO5. The number of amides is 1. The summed E-state index contributed by atoms with van der Waals surface area (Å²) >= 11 is 0. The first kappa shape index (κ1) is 14.5. The van der Waals surface area contributed by atoms with Gasteiger partial charge >= 0.3 is 0 Å². The van der Waals surface area contributed by atoms with E-state index in [1.807, 2.05) is 6.92 Å². The summed E-state index contributed by atoms with van der Waals surface area (Å²) in [5.74, 6) is 0.211. The fourth-order valence-corrected chi connectivity index (χ4v) is 2.13. The second-order valence-electron chi connectivity index (χ2n) is 4.64. The van der Waals surface area contributed by atoms with Gasteiger partial charge in [0, 0.05) is 5.56 Å². The van der Waals surface area contributed by atoms with Gasteiger partial charge in [0.1, 0.15) is 12.0 Å². The summed E-state index contributed by atoms with van der Waals surface area (Å²) < 4.78 is 5.59. The van der Waals surface area contributed by atoms with Gasteiger partial charge in [-0.3, -0.25) is 9.59 Å². The minimum absolute atomic E-state index is 0.0372. The van der Waals surface area contributed by atoms with Crippen LogP contribution in [0.1, 0.15) is 23.7 Å². The van der Waals surface area contributed by atoms with Gasteiger partial charge in [-0.1, -0.05) is 6.92 Å². The van der Waals surface area contributed by atoms with Crippen LogP contribution >= 0.6 is 0 Å². The van der Waals surface area contributed by atoms with Crippen molar-refractivity contribution < 1.29 is 24.5 Å². The second-order valence-corrected chi connectivity index (χ2v) is 4.64. The van der Waals surface area contributed by atoms with Crippen LogP contribution < -0.4 is 9.64 Å². The molecule has 2 atom stereocenters. The molecule has 0 spiro atoms. The summed E-state index contributed by atoms with van der Waals surface area (Å²) in [6, 6.07) is 4.78. The third kappa shape index (κ3) is 2.66. The molecule has 0 saturated carbocycles. The van der Waals surface area contributed by atoms with Crippen LogP contribution in [0.5, 0.6) is 5.75 Å². The van der Waals surface area contributed by atoms with Crippen LogP contribution in [0.2, 0.25) is 0 Å². The second kappa shape index (κ2) is 6.02. The molecule has 20 heavy (non-hydrogen) atoms. The lowest BCUT2D eigenvalue weighted by Crippen LogP contribution is -2.49. The number of carbonyl (C=O) groups is 2. The number of aldehydes is 1. The van der Waals surface area contributed by atoms with E-state index >= 15 is 0 Å². The van der Waals surface area contributed by atoms with E-state index in [1.165, 1.54) is 11.0 Å². The zero-order chi connectivity index (χ0) is 14.7. The molecule has 1 aromatic rings. The van der Waals surface area contributed by atoms with Crippen molar-refractivity contribution in [2.75, 3.05) is 18.1 Å². The Bertz CT molecular complexity index is 516. The highest BCUT2D eigenvalue weighted by Gasteiger charge is 2.34. The number of ether oxygens (including phenoxy) is 1. The number of anilines is 1. The first-order valence-corrected chi connectivity index (χ1v) is 6.46. The highest BCUT2D eigenvalue weighted by Crippen LogP contribution is 2.35. The maximum atomic E-state index is 12.3. The van der Waals surface area contributed by atoms with E-state index in [0.717, 1.165) is 0 Å². The van der Waals surface area contributed by atoms with Crippen molar-refractivity contribution in [2.45, 2.75) is 25.6 Å². The zero-order valence-electron chi connectivity index (χ0n) is 11.2. The minimum Gasteiger partial charge on any atom is -0.478 e. The molecule has 1 aliphatic heterocycles. The molecule has 6 nitrogen and oxygen atoms in total. The molecule has 0 fully saturated rings. The number of rotatable bonds is 5. The van der Waals surface area contributed by atoms with Crippen LogP contribution in [-0.2, 0) is 4.79 Å². The number of aliphatic hydroxyl groups is 2. The van der Waals surface area contributed by atoms with Crippen molar-refractivity contribution >= 4 is 17.9 Å². The average molecular weight is 279 g/mol. The predicted molar refractivity (Wildman–Crippen MR) is 72.0 cm³/mol. The smallest absolute Gasteiger partial charge is 0.268 e. The summed E-state index contributed by atoms with van der Waals surface area (Å²) in [6.07, 6.45) is -0.478. The van der Waals surface area contributed by atoms with Gasteiger partial charge in [-0.25, -0.2) is 0 Å². The summed E-state index contributed by atoms with van der Waals surface area (Å²) in [4.78, 5) is 24.5. The van der Waals surface area contributed by atoms with Gasteiger partial charge in [0.2, 0.25) is 0 Å². The molecule has 0 radical (unpaired) electrons. The lowest BCUT2D eigenvalue weighted by atomic mass is 10.1. The number of hydrogen-bond donors (Lipinski definition) is 2. The van der Waals surface area contributed by atoms with Crippen molar-refractivity contribution in [3.05, 3.63) is 23.8 Å². The average Bonchev–Trinajstić information content (AvgIpc) is 2.48. The summed E-state index contributed by atoms with van der Waals surface area (Å²) in [7, 11) is 0. The number of carbonyl (C=O) groups excluding carboxylic acids is 2. The Morgan fingerprint density at radius 3 is 2.85 bits per heavy atom. The van der Waals surface area contributed by atoms with E-state index in [0.29, 0.717) is 29.7 Å². The fourth-order valence-electron chi connectivity index (χ4n) is 2.13. The van der Waals surface area contributed by atoms with Crippen LogP contribution in [0.4, 0.5) is 5.69 Å². The summed E-state index contributed by atoms with van der Waals surface area (Å²) in [5.41, 5.74) is 0.857. The SMILES string of the molecule is CCC1Oc2ccc(C=O)cc2N(CC(O)CO)C1=O. The third-order valence-electron chi connectivity index (χ3n) is 3.20. The summed E-state index contributed by atoms with van der Waals surface area (Å²) in [6.45, 7) is 1.35. The third-order valence-corrected chi connectivity index (χ3v) is 3.20. The number of nitrogens with zero attached hydrogens (tertiary/aromatic N) is 1. The van der Waals surface area contributed by atoms with E-state index in [1.54, 1.807) is 12.1 Å². The molecule has 1 aliphatic rings. The van der Waals surface area contributed by atoms with Gasteiger partial charge in [0.25, 0.3) is 5.91 Å². The lowest BCUT2D eigenvalue weighted by molar-refractivity contribution is -0.126. The monoisotopic (exact) mass is 279 g/mol. The van der Waals surface area contributed by atoms with Gasteiger partial charge in [-0.05, 0) is 24.6 Å². The molecule has 6 heteroatoms. The first-order chi connectivity index (χ1) is 9.60. The van der Waals surface area contributed by atoms with Gasteiger partial charge < -0.3 is 19.8 Å². The maximum absolute atomic E-state index is 12.3. The van der Waals surface area contributed by atoms with E-state index < -0.39 is 18.8 Å². The number of aliphatic hydroxyl groups excluding tert-OH is 2. The van der Waals surface area contributed by atoms with Crippen LogP contribution in [0.15, 0.2) is 18.2 Å². The van der Waals surface area contributed by atoms with E-state index in [9.17, 15) is 14.7 Å². The fraction of sp³-hybridized carbons (Fsp3) is 0.429. The lowest BCUT2D eigenvalue weighted by Gasteiger charge is -2.35. The molecule has 0 bridgehead atoms. The Hall–Kier alpha value is -1.92. The van der Waals surface area contributed by atoms with Gasteiger partial charge in [-0.2, -0.15) is 0 Å². The number of hydrogen-bond acceptors (Lipinski definition) is 5. The van der Waals surface area contributed by atoms with Crippen LogP contribution in [0.25, 0.3) is 0 Å². The molecule has 0 saturated heterocycles. The molecule has 2 N–H and O–H groups in total. The Kier molecular flexibility index (Phi) is 4.36. The molecule has 1 aromatic carbocycles. The quantitative estimate of drug-likeness (QED) is 0.760. The zero-order valence-corrected chi connectivity index (χ0v) is 11.2. The van der Waals surface area contributed by atoms with E-state index in [2.05, 4.69) is 0 Å². The van der Waals surface area contributed by atoms with E-state index in [-0.39, 0.29) is 12.5 Å². The Morgan fingerprint density at radius 1 is 1.50 bits per heavy atom. The number of benzene rings is 1. The van der Waals surface area contributed by atoms with Gasteiger partial charge in [0.15, 0.2) is 6.10 Å². The van der Waals surface area contributed by atoms with Crippen molar-refractivity contribution in [3.8, 4) is 5.75 Å². The van der Waals surface area contributed by atoms with Crippen LogP contribution in [0, 0.1) is 0 Å². The Balaban J connectivity index is 2.41. The highest BCUT2D eigenvalue weighted by molar-refractivity contribution is 6.00. The molecule has 108 valence electrons. The Morgan fingerprint density at radius 2 is 2.25 bits per heavy atom. The molecule has 2 rings (SSSR count). The van der Waals surface area contributed by atoms with E-state index in [4.69, 9.17) is 9.84 Å². The topological polar surface area (TPSA) is 87.1 Å². The van der Waals surface area contributed by atoms with Crippen molar-refractivity contribution in [1.82, 2.24) is 0 Å². The first-order valence-electron chi connectivity index (χ1n) is 6.46. The van der Waals surface area contributed by atoms with Crippen LogP contribution in [-0.4, -0.2) is 47.8 Å². The molecule has 0 aliphatic carbocycles. The number of β-amino-alcohol motifs (C(OH)–C–C–N with tert-alkyl or cyclic N) is 1. The van der Waals surface area contributed by atoms with Crippen molar-refractivity contribution in [2.24, 2.45) is 0 Å². The van der Waals surface area contributed by atoms with Crippen molar-refractivity contribution in [3.63, 3.8) is 0 Å². The summed E-state index contributed by atoms with van der Waals surface area (Å²) in [5, 5.41) is 18.5. The number of fused-ring (bicyclic) bond motifs is 1. The van der Waals surface area contributed by atoms with Gasteiger partial charge in [-0.15, -0.1) is 0 Å². The molecule has 0 aromatic heterocycles.